The first-order chi connectivity index (χ1) is 8.06. The quantitative estimate of drug-likeness (QED) is 0.578. The van der Waals surface area contributed by atoms with Crippen molar-refractivity contribution >= 4 is 21.8 Å². The van der Waals surface area contributed by atoms with Gasteiger partial charge in [0.2, 0.25) is 0 Å². The molecule has 1 aromatic carbocycles. The van der Waals surface area contributed by atoms with E-state index in [-0.39, 0.29) is 29.0 Å². The minimum atomic E-state index is -0.377. The van der Waals surface area contributed by atoms with Crippen LogP contribution in [0.2, 0.25) is 0 Å². The van der Waals surface area contributed by atoms with Crippen molar-refractivity contribution in [3.8, 4) is 11.5 Å². The molecule has 0 aliphatic heterocycles. The number of aromatic hydroxyl groups is 2. The number of halogens is 1. The highest BCUT2D eigenvalue weighted by Gasteiger charge is 2.15. The number of rotatable bonds is 5. The van der Waals surface area contributed by atoms with Crippen LogP contribution < -0.4 is 5.32 Å². The second-order valence-electron chi connectivity index (χ2n) is 3.88. The predicted octanol–water partition coefficient (Wildman–Crippen LogP) is 2.39. The molecule has 1 aromatic rings. The molecule has 94 valence electrons. The highest BCUT2D eigenvalue weighted by Crippen LogP contribution is 2.28. The van der Waals surface area contributed by atoms with E-state index in [2.05, 4.69) is 21.2 Å². The molecule has 1 rings (SSSR count). The zero-order chi connectivity index (χ0) is 12.8. The number of amides is 1. The van der Waals surface area contributed by atoms with Crippen LogP contribution in [0.25, 0.3) is 0 Å². The van der Waals surface area contributed by atoms with E-state index in [1.807, 2.05) is 6.92 Å². The van der Waals surface area contributed by atoms with Gasteiger partial charge >= 0.3 is 0 Å². The fourth-order valence-corrected chi connectivity index (χ4v) is 1.80. The number of alkyl halides is 1. The third-order valence-electron chi connectivity index (χ3n) is 2.41. The molecular formula is C12H16BrNO3. The summed E-state index contributed by atoms with van der Waals surface area (Å²) in [5.41, 5.74) is 0.0932. The van der Waals surface area contributed by atoms with Crippen LogP contribution in [0.15, 0.2) is 18.2 Å². The normalized spacial score (nSPS) is 12.1. The van der Waals surface area contributed by atoms with Crippen LogP contribution in [0, 0.1) is 0 Å². The van der Waals surface area contributed by atoms with E-state index in [1.54, 1.807) is 0 Å². The lowest BCUT2D eigenvalue weighted by atomic mass is 10.1. The summed E-state index contributed by atoms with van der Waals surface area (Å²) in [6, 6.07) is 4.36. The Bertz CT molecular complexity index is 395. The fourth-order valence-electron chi connectivity index (χ4n) is 1.47. The Hall–Kier alpha value is -1.23. The molecule has 0 radical (unpaired) electrons. The molecule has 0 saturated carbocycles. The summed E-state index contributed by atoms with van der Waals surface area (Å²) in [7, 11) is 0. The van der Waals surface area contributed by atoms with Crippen molar-refractivity contribution in [1.29, 1.82) is 0 Å². The van der Waals surface area contributed by atoms with Crippen molar-refractivity contribution in [3.63, 3.8) is 0 Å². The smallest absolute Gasteiger partial charge is 0.255 e. The van der Waals surface area contributed by atoms with Gasteiger partial charge in [0.05, 0.1) is 5.56 Å². The predicted molar refractivity (Wildman–Crippen MR) is 69.7 cm³/mol. The van der Waals surface area contributed by atoms with Gasteiger partial charge in [-0.3, -0.25) is 4.79 Å². The second-order valence-corrected chi connectivity index (χ2v) is 4.67. The van der Waals surface area contributed by atoms with Crippen LogP contribution in [-0.4, -0.2) is 27.5 Å². The number of hydrogen-bond acceptors (Lipinski definition) is 3. The Morgan fingerprint density at radius 2 is 2.18 bits per heavy atom. The van der Waals surface area contributed by atoms with E-state index < -0.39 is 0 Å². The second kappa shape index (κ2) is 6.49. The lowest BCUT2D eigenvalue weighted by Crippen LogP contribution is -2.32. The first-order valence-corrected chi connectivity index (χ1v) is 6.56. The number of hydrogen-bond donors (Lipinski definition) is 3. The van der Waals surface area contributed by atoms with Crippen molar-refractivity contribution in [1.82, 2.24) is 5.32 Å². The third-order valence-corrected chi connectivity index (χ3v) is 2.97. The standard InChI is InChI=1S/C12H16BrNO3/c1-8(4-3-7-13)14-12(17)9-5-2-6-10(15)11(9)16/h2,5-6,8,15-16H,3-4,7H2,1H3,(H,14,17). The number of phenols is 2. The third kappa shape index (κ3) is 3.93. The van der Waals surface area contributed by atoms with Crippen molar-refractivity contribution in [2.45, 2.75) is 25.8 Å². The van der Waals surface area contributed by atoms with Crippen LogP contribution in [0.3, 0.4) is 0 Å². The maximum atomic E-state index is 11.8. The van der Waals surface area contributed by atoms with Gasteiger partial charge in [-0.2, -0.15) is 0 Å². The number of carbonyl (C=O) groups excluding carboxylic acids is 1. The minimum Gasteiger partial charge on any atom is -0.504 e. The number of carbonyl (C=O) groups is 1. The molecule has 3 N–H and O–H groups in total. The average molecular weight is 302 g/mol. The van der Waals surface area contributed by atoms with Gasteiger partial charge in [-0.05, 0) is 31.9 Å². The van der Waals surface area contributed by atoms with Crippen LogP contribution in [0.1, 0.15) is 30.1 Å². The van der Waals surface area contributed by atoms with Gasteiger partial charge in [-0.25, -0.2) is 0 Å². The van der Waals surface area contributed by atoms with Crippen LogP contribution in [-0.2, 0) is 0 Å². The Morgan fingerprint density at radius 3 is 2.82 bits per heavy atom. The number of nitrogens with one attached hydrogen (secondary N) is 1. The molecule has 0 heterocycles. The van der Waals surface area contributed by atoms with E-state index in [1.165, 1.54) is 18.2 Å². The molecule has 17 heavy (non-hydrogen) atoms. The van der Waals surface area contributed by atoms with Gasteiger partial charge in [0.1, 0.15) is 0 Å². The van der Waals surface area contributed by atoms with Gasteiger partial charge < -0.3 is 15.5 Å². The number of phenolic OH excluding ortho intramolecular Hbond substituents is 2. The van der Waals surface area contributed by atoms with E-state index in [0.717, 1.165) is 18.2 Å². The molecule has 0 spiro atoms. The molecular weight excluding hydrogens is 286 g/mol. The molecule has 0 aliphatic rings. The first-order valence-electron chi connectivity index (χ1n) is 5.44. The maximum absolute atomic E-state index is 11.8. The van der Waals surface area contributed by atoms with E-state index in [4.69, 9.17) is 0 Å². The maximum Gasteiger partial charge on any atom is 0.255 e. The highest BCUT2D eigenvalue weighted by molar-refractivity contribution is 9.09. The Kier molecular flexibility index (Phi) is 5.28. The molecule has 0 fully saturated rings. The van der Waals surface area contributed by atoms with Gasteiger partial charge in [0.25, 0.3) is 5.91 Å². The van der Waals surface area contributed by atoms with Crippen molar-refractivity contribution < 1.29 is 15.0 Å². The zero-order valence-corrected chi connectivity index (χ0v) is 11.2. The van der Waals surface area contributed by atoms with Crippen molar-refractivity contribution in [2.24, 2.45) is 0 Å². The molecule has 4 nitrogen and oxygen atoms in total. The molecule has 0 bridgehead atoms. The molecule has 1 unspecified atom stereocenters. The summed E-state index contributed by atoms with van der Waals surface area (Å²) in [4.78, 5) is 11.8. The number of para-hydroxylation sites is 1. The SMILES string of the molecule is CC(CCCBr)NC(=O)c1cccc(O)c1O. The minimum absolute atomic E-state index is 0.0294. The van der Waals surface area contributed by atoms with Crippen LogP contribution in [0.4, 0.5) is 0 Å². The summed E-state index contributed by atoms with van der Waals surface area (Å²) in [6.07, 6.45) is 1.82. The first kappa shape index (κ1) is 13.8. The van der Waals surface area contributed by atoms with Gasteiger partial charge in [-0.15, -0.1) is 0 Å². The Balaban J connectivity index is 2.67. The summed E-state index contributed by atoms with van der Waals surface area (Å²) in [6.45, 7) is 1.90. The Labute approximate surface area is 109 Å². The Morgan fingerprint density at radius 1 is 1.47 bits per heavy atom. The topological polar surface area (TPSA) is 69.6 Å². The summed E-state index contributed by atoms with van der Waals surface area (Å²) in [5, 5.41) is 22.5. The van der Waals surface area contributed by atoms with Gasteiger partial charge in [0.15, 0.2) is 11.5 Å². The van der Waals surface area contributed by atoms with Crippen molar-refractivity contribution in [2.75, 3.05) is 5.33 Å². The van der Waals surface area contributed by atoms with Gasteiger partial charge in [-0.1, -0.05) is 22.0 Å². The van der Waals surface area contributed by atoms with Crippen molar-refractivity contribution in [3.05, 3.63) is 23.8 Å². The van der Waals surface area contributed by atoms with E-state index >= 15 is 0 Å². The molecule has 5 heteroatoms. The van der Waals surface area contributed by atoms with E-state index in [0.29, 0.717) is 0 Å². The monoisotopic (exact) mass is 301 g/mol. The number of benzene rings is 1. The lowest BCUT2D eigenvalue weighted by molar-refractivity contribution is 0.0935. The molecule has 0 aliphatic carbocycles. The van der Waals surface area contributed by atoms with E-state index in [9.17, 15) is 15.0 Å². The van der Waals surface area contributed by atoms with Crippen LogP contribution in [0.5, 0.6) is 11.5 Å². The summed E-state index contributed by atoms with van der Waals surface area (Å²) < 4.78 is 0. The largest absolute Gasteiger partial charge is 0.504 e. The fraction of sp³-hybridized carbons (Fsp3) is 0.417. The van der Waals surface area contributed by atoms with Gasteiger partial charge in [0, 0.05) is 11.4 Å². The summed E-state index contributed by atoms with van der Waals surface area (Å²) in [5.74, 6) is -1.04. The van der Waals surface area contributed by atoms with Crippen LogP contribution >= 0.6 is 15.9 Å². The highest BCUT2D eigenvalue weighted by atomic mass is 79.9. The molecule has 0 aromatic heterocycles. The zero-order valence-electron chi connectivity index (χ0n) is 9.61. The molecule has 0 saturated heterocycles. The summed E-state index contributed by atoms with van der Waals surface area (Å²) >= 11 is 3.32. The molecule has 1 amide bonds. The molecule has 1 atom stereocenters. The lowest BCUT2D eigenvalue weighted by Gasteiger charge is -2.14. The average Bonchev–Trinajstić information content (AvgIpc) is 2.29.